The van der Waals surface area contributed by atoms with Crippen LogP contribution in [0.2, 0.25) is 0 Å². The summed E-state index contributed by atoms with van der Waals surface area (Å²) in [6, 6.07) is 6.40. The average Bonchev–Trinajstić information content (AvgIpc) is 2.85. The van der Waals surface area contributed by atoms with E-state index < -0.39 is 12.0 Å². The molecule has 1 aromatic rings. The number of carboxylic acids is 1. The summed E-state index contributed by atoms with van der Waals surface area (Å²) in [6.07, 6.45) is 0. The molecule has 1 saturated heterocycles. The fourth-order valence-electron chi connectivity index (χ4n) is 1.68. The Morgan fingerprint density at radius 2 is 2.32 bits per heavy atom. The van der Waals surface area contributed by atoms with E-state index >= 15 is 0 Å². The zero-order chi connectivity index (χ0) is 13.8. The van der Waals surface area contributed by atoms with Gasteiger partial charge in [-0.3, -0.25) is 4.79 Å². The molecule has 0 aliphatic carbocycles. The fourth-order valence-corrected chi connectivity index (χ4v) is 3.23. The molecule has 1 aliphatic heterocycles. The molecule has 0 spiro atoms. The number of benzene rings is 1. The maximum Gasteiger partial charge on any atom is 0.327 e. The van der Waals surface area contributed by atoms with Gasteiger partial charge in [0.05, 0.1) is 5.88 Å². The summed E-state index contributed by atoms with van der Waals surface area (Å²) in [5.74, 6) is 0.120. The molecule has 1 fully saturated rings. The van der Waals surface area contributed by atoms with Crippen molar-refractivity contribution < 1.29 is 19.4 Å². The minimum atomic E-state index is -0.971. The molecule has 1 unspecified atom stereocenters. The Bertz CT molecular complexity index is 496. The maximum atomic E-state index is 11.9. The van der Waals surface area contributed by atoms with Crippen molar-refractivity contribution >= 4 is 39.6 Å². The Labute approximate surface area is 123 Å². The van der Waals surface area contributed by atoms with Crippen LogP contribution in [0.15, 0.2) is 28.7 Å². The van der Waals surface area contributed by atoms with Gasteiger partial charge in [0, 0.05) is 10.2 Å². The molecule has 102 valence electrons. The molecule has 19 heavy (non-hydrogen) atoms. The average molecular weight is 346 g/mol. The number of hydrogen-bond donors (Lipinski definition) is 1. The van der Waals surface area contributed by atoms with Gasteiger partial charge in [0.25, 0.3) is 5.91 Å². The smallest absolute Gasteiger partial charge is 0.327 e. The Morgan fingerprint density at radius 3 is 3.00 bits per heavy atom. The van der Waals surface area contributed by atoms with Crippen molar-refractivity contribution in [2.24, 2.45) is 0 Å². The van der Waals surface area contributed by atoms with Crippen molar-refractivity contribution in [2.75, 3.05) is 18.2 Å². The number of thioether (sulfide) groups is 1. The number of nitrogens with zero attached hydrogens (tertiary/aromatic N) is 1. The van der Waals surface area contributed by atoms with Crippen molar-refractivity contribution in [3.05, 3.63) is 28.7 Å². The van der Waals surface area contributed by atoms with E-state index in [0.29, 0.717) is 17.4 Å². The highest BCUT2D eigenvalue weighted by Crippen LogP contribution is 2.22. The third kappa shape index (κ3) is 3.63. The van der Waals surface area contributed by atoms with Crippen LogP contribution in [0.25, 0.3) is 0 Å². The molecule has 1 atom stereocenters. The number of aliphatic carboxylic acids is 1. The van der Waals surface area contributed by atoms with E-state index in [0.717, 1.165) is 4.47 Å². The van der Waals surface area contributed by atoms with Gasteiger partial charge in [0.15, 0.2) is 6.61 Å². The lowest BCUT2D eigenvalue weighted by Gasteiger charge is -2.20. The molecule has 0 aromatic heterocycles. The first kappa shape index (κ1) is 14.2. The van der Waals surface area contributed by atoms with Gasteiger partial charge in [-0.15, -0.1) is 11.8 Å². The highest BCUT2D eigenvalue weighted by atomic mass is 79.9. The predicted octanol–water partition coefficient (Wildman–Crippen LogP) is 1.81. The lowest BCUT2D eigenvalue weighted by Crippen LogP contribution is -2.43. The summed E-state index contributed by atoms with van der Waals surface area (Å²) in [5.41, 5.74) is 0. The third-order valence-electron chi connectivity index (χ3n) is 2.65. The standard InChI is InChI=1S/C12H12BrNO4S/c13-8-2-1-3-9(4-8)18-5-11(15)14-7-19-6-10(14)12(16)17/h1-4,10H,5-7H2,(H,16,17). The number of hydrogen-bond acceptors (Lipinski definition) is 4. The Balaban J connectivity index is 1.92. The van der Waals surface area contributed by atoms with E-state index in [9.17, 15) is 9.59 Å². The van der Waals surface area contributed by atoms with Crippen LogP contribution in [0.5, 0.6) is 5.75 Å². The number of halogens is 1. The zero-order valence-electron chi connectivity index (χ0n) is 9.91. The van der Waals surface area contributed by atoms with E-state index in [4.69, 9.17) is 9.84 Å². The second kappa shape index (κ2) is 6.29. The van der Waals surface area contributed by atoms with Gasteiger partial charge in [-0.25, -0.2) is 4.79 Å². The van der Waals surface area contributed by atoms with Gasteiger partial charge >= 0.3 is 5.97 Å². The monoisotopic (exact) mass is 345 g/mol. The van der Waals surface area contributed by atoms with Gasteiger partial charge in [0.1, 0.15) is 11.8 Å². The molecule has 1 heterocycles. The number of rotatable bonds is 4. The molecule has 0 radical (unpaired) electrons. The van der Waals surface area contributed by atoms with Crippen molar-refractivity contribution in [1.29, 1.82) is 0 Å². The van der Waals surface area contributed by atoms with Crippen molar-refractivity contribution in [3.8, 4) is 5.75 Å². The highest BCUT2D eigenvalue weighted by Gasteiger charge is 2.34. The maximum absolute atomic E-state index is 11.9. The quantitative estimate of drug-likeness (QED) is 0.901. The van der Waals surface area contributed by atoms with Gasteiger partial charge in [-0.2, -0.15) is 0 Å². The highest BCUT2D eigenvalue weighted by molar-refractivity contribution is 9.10. The summed E-state index contributed by atoms with van der Waals surface area (Å²) < 4.78 is 6.22. The van der Waals surface area contributed by atoms with Crippen LogP contribution in [-0.2, 0) is 9.59 Å². The number of carbonyl (C=O) groups excluding carboxylic acids is 1. The largest absolute Gasteiger partial charge is 0.484 e. The van der Waals surface area contributed by atoms with Crippen LogP contribution >= 0.6 is 27.7 Å². The van der Waals surface area contributed by atoms with Crippen LogP contribution in [-0.4, -0.2) is 46.2 Å². The Morgan fingerprint density at radius 1 is 1.53 bits per heavy atom. The van der Waals surface area contributed by atoms with Crippen LogP contribution in [0.1, 0.15) is 0 Å². The predicted molar refractivity (Wildman–Crippen MR) is 75.2 cm³/mol. The molecule has 0 saturated carbocycles. The van der Waals surface area contributed by atoms with Gasteiger partial charge in [-0.1, -0.05) is 22.0 Å². The molecule has 5 nitrogen and oxygen atoms in total. The molecular formula is C12H12BrNO4S. The topological polar surface area (TPSA) is 66.8 Å². The van der Waals surface area contributed by atoms with Crippen LogP contribution in [0, 0.1) is 0 Å². The van der Waals surface area contributed by atoms with Crippen LogP contribution in [0.4, 0.5) is 0 Å². The van der Waals surface area contributed by atoms with Crippen molar-refractivity contribution in [3.63, 3.8) is 0 Å². The molecule has 0 bridgehead atoms. The molecule has 1 aromatic carbocycles. The van der Waals surface area contributed by atoms with Gasteiger partial charge in [0.2, 0.25) is 0 Å². The molecule has 7 heteroatoms. The van der Waals surface area contributed by atoms with E-state index in [1.54, 1.807) is 18.2 Å². The molecular weight excluding hydrogens is 334 g/mol. The van der Waals surface area contributed by atoms with E-state index in [2.05, 4.69) is 15.9 Å². The third-order valence-corrected chi connectivity index (χ3v) is 4.15. The number of ether oxygens (including phenoxy) is 1. The number of carboxylic acid groups (broad SMARTS) is 1. The summed E-state index contributed by atoms with van der Waals surface area (Å²) in [7, 11) is 0. The van der Waals surface area contributed by atoms with E-state index in [1.807, 2.05) is 6.07 Å². The second-order valence-corrected chi connectivity index (χ2v) is 5.88. The normalized spacial score (nSPS) is 18.4. The lowest BCUT2D eigenvalue weighted by molar-refractivity contribution is -0.148. The fraction of sp³-hybridized carbons (Fsp3) is 0.333. The summed E-state index contributed by atoms with van der Waals surface area (Å²) in [5, 5.41) is 9.00. The minimum absolute atomic E-state index is 0.152. The second-order valence-electron chi connectivity index (χ2n) is 3.96. The number of carbonyl (C=O) groups is 2. The Kier molecular flexibility index (Phi) is 4.71. The summed E-state index contributed by atoms with van der Waals surface area (Å²) >= 11 is 4.74. The van der Waals surface area contributed by atoms with Gasteiger partial charge in [-0.05, 0) is 18.2 Å². The van der Waals surface area contributed by atoms with Gasteiger partial charge < -0.3 is 14.7 Å². The summed E-state index contributed by atoms with van der Waals surface area (Å²) in [4.78, 5) is 24.3. The zero-order valence-corrected chi connectivity index (χ0v) is 12.3. The molecule has 1 aliphatic rings. The van der Waals surface area contributed by atoms with E-state index in [-0.39, 0.29) is 12.5 Å². The Hall–Kier alpha value is -1.21. The first-order valence-corrected chi connectivity index (χ1v) is 7.51. The summed E-state index contributed by atoms with van der Waals surface area (Å²) in [6.45, 7) is -0.152. The van der Waals surface area contributed by atoms with E-state index in [1.165, 1.54) is 16.7 Å². The molecule has 2 rings (SSSR count). The van der Waals surface area contributed by atoms with Crippen molar-refractivity contribution in [2.45, 2.75) is 6.04 Å². The number of amides is 1. The van der Waals surface area contributed by atoms with Crippen LogP contribution < -0.4 is 4.74 Å². The minimum Gasteiger partial charge on any atom is -0.484 e. The molecule has 1 amide bonds. The SMILES string of the molecule is O=C(O)C1CSCN1C(=O)COc1cccc(Br)c1. The lowest BCUT2D eigenvalue weighted by atomic mass is 10.3. The van der Waals surface area contributed by atoms with Crippen LogP contribution in [0.3, 0.4) is 0 Å². The van der Waals surface area contributed by atoms with Crippen molar-refractivity contribution in [1.82, 2.24) is 4.90 Å². The first-order chi connectivity index (χ1) is 9.08. The molecule has 1 N–H and O–H groups in total. The first-order valence-electron chi connectivity index (χ1n) is 5.56.